The number of carbonyl (C=O) groups excluding carboxylic acids is 1. The van der Waals surface area contributed by atoms with Gasteiger partial charge in [0.25, 0.3) is 0 Å². The summed E-state index contributed by atoms with van der Waals surface area (Å²) in [6, 6.07) is 10.9. The Hall–Kier alpha value is -2.53. The van der Waals surface area contributed by atoms with Gasteiger partial charge < -0.3 is 11.1 Å². The molecular weight excluding hydrogens is 300 g/mol. The van der Waals surface area contributed by atoms with Crippen molar-refractivity contribution in [2.45, 2.75) is 13.5 Å². The number of rotatable bonds is 3. The maximum atomic E-state index is 12.2. The summed E-state index contributed by atoms with van der Waals surface area (Å²) in [5, 5.41) is 8.60. The Labute approximate surface area is 132 Å². The van der Waals surface area contributed by atoms with Gasteiger partial charge in [-0.3, -0.25) is 9.48 Å². The zero-order chi connectivity index (χ0) is 15.7. The van der Waals surface area contributed by atoms with E-state index < -0.39 is 0 Å². The SMILES string of the molecule is Cc1ccc(NC(=O)Cn2ncc3ccc(N)cc32)cc1Cl. The highest BCUT2D eigenvalue weighted by Gasteiger charge is 2.09. The highest BCUT2D eigenvalue weighted by atomic mass is 35.5. The zero-order valence-electron chi connectivity index (χ0n) is 12.0. The predicted molar refractivity (Wildman–Crippen MR) is 89.0 cm³/mol. The number of nitrogens with two attached hydrogens (primary N) is 1. The highest BCUT2D eigenvalue weighted by Crippen LogP contribution is 2.20. The van der Waals surface area contributed by atoms with Crippen LogP contribution in [-0.2, 0) is 11.3 Å². The predicted octanol–water partition coefficient (Wildman–Crippen LogP) is 3.22. The quantitative estimate of drug-likeness (QED) is 0.729. The molecule has 0 aliphatic carbocycles. The van der Waals surface area contributed by atoms with Crippen molar-refractivity contribution in [2.75, 3.05) is 11.1 Å². The number of anilines is 2. The zero-order valence-corrected chi connectivity index (χ0v) is 12.8. The van der Waals surface area contributed by atoms with Crippen LogP contribution in [0.15, 0.2) is 42.6 Å². The normalized spacial score (nSPS) is 10.8. The fraction of sp³-hybridized carbons (Fsp3) is 0.125. The fourth-order valence-corrected chi connectivity index (χ4v) is 2.40. The van der Waals surface area contributed by atoms with Crippen molar-refractivity contribution in [3.8, 4) is 0 Å². The largest absolute Gasteiger partial charge is 0.399 e. The number of aryl methyl sites for hydroxylation is 1. The van der Waals surface area contributed by atoms with Crippen LogP contribution in [0.5, 0.6) is 0 Å². The van der Waals surface area contributed by atoms with E-state index in [4.69, 9.17) is 17.3 Å². The summed E-state index contributed by atoms with van der Waals surface area (Å²) in [5.41, 5.74) is 8.88. The molecule has 0 atom stereocenters. The van der Waals surface area contributed by atoms with Gasteiger partial charge in [-0.25, -0.2) is 0 Å². The number of carbonyl (C=O) groups is 1. The van der Waals surface area contributed by atoms with E-state index in [0.29, 0.717) is 16.4 Å². The number of benzene rings is 2. The summed E-state index contributed by atoms with van der Waals surface area (Å²) in [7, 11) is 0. The molecule has 0 aliphatic rings. The van der Waals surface area contributed by atoms with Crippen LogP contribution in [0, 0.1) is 6.92 Å². The van der Waals surface area contributed by atoms with Gasteiger partial charge in [-0.2, -0.15) is 5.10 Å². The van der Waals surface area contributed by atoms with Crippen molar-refractivity contribution >= 4 is 39.8 Å². The third kappa shape index (κ3) is 2.89. The Morgan fingerprint density at radius 1 is 1.32 bits per heavy atom. The number of amides is 1. The maximum absolute atomic E-state index is 12.2. The molecule has 3 N–H and O–H groups in total. The number of fused-ring (bicyclic) bond motifs is 1. The first-order valence-corrected chi connectivity index (χ1v) is 7.18. The van der Waals surface area contributed by atoms with Crippen molar-refractivity contribution in [3.63, 3.8) is 0 Å². The van der Waals surface area contributed by atoms with Gasteiger partial charge in [0.15, 0.2) is 0 Å². The Balaban J connectivity index is 1.78. The lowest BCUT2D eigenvalue weighted by Gasteiger charge is -2.08. The Bertz CT molecular complexity index is 856. The van der Waals surface area contributed by atoms with Gasteiger partial charge in [-0.1, -0.05) is 17.7 Å². The lowest BCUT2D eigenvalue weighted by molar-refractivity contribution is -0.116. The minimum atomic E-state index is -0.174. The van der Waals surface area contributed by atoms with E-state index in [2.05, 4.69) is 10.4 Å². The van der Waals surface area contributed by atoms with E-state index >= 15 is 0 Å². The monoisotopic (exact) mass is 314 g/mol. The van der Waals surface area contributed by atoms with Crippen LogP contribution in [0.4, 0.5) is 11.4 Å². The number of nitrogens with zero attached hydrogens (tertiary/aromatic N) is 2. The molecule has 0 radical (unpaired) electrons. The van der Waals surface area contributed by atoms with Gasteiger partial charge in [0.2, 0.25) is 5.91 Å². The lowest BCUT2D eigenvalue weighted by Crippen LogP contribution is -2.19. The topological polar surface area (TPSA) is 72.9 Å². The molecule has 0 saturated carbocycles. The van der Waals surface area contributed by atoms with Crippen molar-refractivity contribution in [1.82, 2.24) is 9.78 Å². The second-order valence-corrected chi connectivity index (χ2v) is 5.54. The number of aromatic nitrogens is 2. The molecular formula is C16H15ClN4O. The smallest absolute Gasteiger partial charge is 0.246 e. The fourth-order valence-electron chi connectivity index (χ4n) is 2.22. The summed E-state index contributed by atoms with van der Waals surface area (Å²) in [6.07, 6.45) is 1.71. The Morgan fingerprint density at radius 2 is 2.14 bits per heavy atom. The molecule has 0 saturated heterocycles. The van der Waals surface area contributed by atoms with Crippen LogP contribution in [0.25, 0.3) is 10.9 Å². The van der Waals surface area contributed by atoms with Crippen molar-refractivity contribution in [2.24, 2.45) is 0 Å². The second kappa shape index (κ2) is 5.69. The number of halogens is 1. The molecule has 0 bridgehead atoms. The minimum absolute atomic E-state index is 0.110. The molecule has 0 spiro atoms. The first kappa shape index (κ1) is 14.4. The lowest BCUT2D eigenvalue weighted by atomic mass is 10.2. The third-order valence-corrected chi connectivity index (χ3v) is 3.82. The molecule has 0 aliphatic heterocycles. The summed E-state index contributed by atoms with van der Waals surface area (Å²) in [4.78, 5) is 12.2. The molecule has 3 aromatic rings. The van der Waals surface area contributed by atoms with E-state index in [0.717, 1.165) is 16.5 Å². The molecule has 3 rings (SSSR count). The molecule has 5 nitrogen and oxygen atoms in total. The molecule has 0 unspecified atom stereocenters. The van der Waals surface area contributed by atoms with Crippen molar-refractivity contribution in [3.05, 3.63) is 53.2 Å². The Kier molecular flexibility index (Phi) is 3.73. The maximum Gasteiger partial charge on any atom is 0.246 e. The molecule has 2 aromatic carbocycles. The van der Waals surface area contributed by atoms with Crippen LogP contribution >= 0.6 is 11.6 Å². The molecule has 6 heteroatoms. The van der Waals surface area contributed by atoms with E-state index in [-0.39, 0.29) is 12.5 Å². The molecule has 1 heterocycles. The number of hydrogen-bond acceptors (Lipinski definition) is 3. The highest BCUT2D eigenvalue weighted by molar-refractivity contribution is 6.31. The summed E-state index contributed by atoms with van der Waals surface area (Å²) in [5.74, 6) is -0.174. The molecule has 1 aromatic heterocycles. The molecule has 112 valence electrons. The van der Waals surface area contributed by atoms with Crippen LogP contribution < -0.4 is 11.1 Å². The van der Waals surface area contributed by atoms with Crippen molar-refractivity contribution < 1.29 is 4.79 Å². The number of nitrogens with one attached hydrogen (secondary N) is 1. The average Bonchev–Trinajstić information content (AvgIpc) is 2.85. The third-order valence-electron chi connectivity index (χ3n) is 3.42. The van der Waals surface area contributed by atoms with Crippen LogP contribution in [-0.4, -0.2) is 15.7 Å². The van der Waals surface area contributed by atoms with Gasteiger partial charge in [0.05, 0.1) is 11.7 Å². The number of hydrogen-bond donors (Lipinski definition) is 2. The van der Waals surface area contributed by atoms with Crippen LogP contribution in [0.3, 0.4) is 0 Å². The van der Waals surface area contributed by atoms with Crippen molar-refractivity contribution in [1.29, 1.82) is 0 Å². The summed E-state index contributed by atoms with van der Waals surface area (Å²) >= 11 is 6.05. The summed E-state index contributed by atoms with van der Waals surface area (Å²) < 4.78 is 1.62. The first-order chi connectivity index (χ1) is 10.5. The van der Waals surface area contributed by atoms with Gasteiger partial charge in [0.1, 0.15) is 6.54 Å². The first-order valence-electron chi connectivity index (χ1n) is 6.80. The summed E-state index contributed by atoms with van der Waals surface area (Å²) in [6.45, 7) is 2.02. The molecule has 22 heavy (non-hydrogen) atoms. The van der Waals surface area contributed by atoms with Gasteiger partial charge >= 0.3 is 0 Å². The van der Waals surface area contributed by atoms with Crippen LogP contribution in [0.2, 0.25) is 5.02 Å². The van der Waals surface area contributed by atoms with E-state index in [1.165, 1.54) is 0 Å². The van der Waals surface area contributed by atoms with Gasteiger partial charge in [-0.15, -0.1) is 0 Å². The number of nitrogen functional groups attached to an aromatic ring is 1. The van der Waals surface area contributed by atoms with E-state index in [1.807, 2.05) is 31.2 Å². The van der Waals surface area contributed by atoms with Gasteiger partial charge in [-0.05, 0) is 42.8 Å². The minimum Gasteiger partial charge on any atom is -0.399 e. The Morgan fingerprint density at radius 3 is 2.91 bits per heavy atom. The second-order valence-electron chi connectivity index (χ2n) is 5.13. The van der Waals surface area contributed by atoms with Crippen LogP contribution in [0.1, 0.15) is 5.56 Å². The average molecular weight is 315 g/mol. The van der Waals surface area contributed by atoms with Gasteiger partial charge in [0, 0.05) is 21.8 Å². The molecule has 1 amide bonds. The molecule has 0 fully saturated rings. The van der Waals surface area contributed by atoms with E-state index in [1.54, 1.807) is 23.0 Å². The standard InChI is InChI=1S/C16H15ClN4O/c1-10-2-5-13(7-14(10)17)20-16(22)9-21-15-6-12(18)4-3-11(15)8-19-21/h2-8H,9,18H2,1H3,(H,20,22). The van der Waals surface area contributed by atoms with E-state index in [9.17, 15) is 4.79 Å².